The molecule has 0 unspecified atom stereocenters. The first-order chi connectivity index (χ1) is 12.6. The van der Waals surface area contributed by atoms with Crippen LogP contribution in [-0.4, -0.2) is 18.0 Å². The maximum atomic E-state index is 14.4. The molecule has 0 atom stereocenters. The number of amides is 1. The lowest BCUT2D eigenvalue weighted by Crippen LogP contribution is -2.22. The maximum Gasteiger partial charge on any atom is 0.251 e. The number of carbonyl (C=O) groups is 1. The smallest absolute Gasteiger partial charge is 0.251 e. The molecule has 0 spiro atoms. The molecule has 0 aliphatic heterocycles. The van der Waals surface area contributed by atoms with Crippen LogP contribution in [0.2, 0.25) is 5.02 Å². The molecule has 2 aromatic carbocycles. The largest absolute Gasteiger partial charge is 0.497 e. The quantitative estimate of drug-likeness (QED) is 0.720. The molecule has 6 heteroatoms. The van der Waals surface area contributed by atoms with E-state index in [-0.39, 0.29) is 17.0 Å². The number of carbonyl (C=O) groups excluding carboxylic acids is 1. The summed E-state index contributed by atoms with van der Waals surface area (Å²) in [6, 6.07) is 14.9. The van der Waals surface area contributed by atoms with Crippen molar-refractivity contribution in [1.29, 1.82) is 0 Å². The molecule has 1 N–H and O–H groups in total. The lowest BCUT2D eigenvalue weighted by molar-refractivity contribution is 0.0950. The van der Waals surface area contributed by atoms with E-state index >= 15 is 0 Å². The van der Waals surface area contributed by atoms with Crippen LogP contribution < -0.4 is 10.1 Å². The van der Waals surface area contributed by atoms with Crippen LogP contribution in [0.4, 0.5) is 4.39 Å². The molecular formula is C20H16ClFN2O2. The molecule has 0 aliphatic rings. The lowest BCUT2D eigenvalue weighted by Gasteiger charge is -2.09. The van der Waals surface area contributed by atoms with Crippen molar-refractivity contribution in [2.24, 2.45) is 0 Å². The highest BCUT2D eigenvalue weighted by molar-refractivity contribution is 6.33. The minimum Gasteiger partial charge on any atom is -0.497 e. The number of ether oxygens (including phenoxy) is 1. The van der Waals surface area contributed by atoms with Gasteiger partial charge in [-0.15, -0.1) is 0 Å². The SMILES string of the molecule is COc1cccc(CNC(=O)c2ccc(-c3ncccc3Cl)c(F)c2)c1. The summed E-state index contributed by atoms with van der Waals surface area (Å²) >= 11 is 6.06. The monoisotopic (exact) mass is 370 g/mol. The van der Waals surface area contributed by atoms with Crippen molar-refractivity contribution in [3.05, 3.63) is 82.8 Å². The fourth-order valence-corrected chi connectivity index (χ4v) is 2.72. The van der Waals surface area contributed by atoms with E-state index in [1.807, 2.05) is 24.3 Å². The second kappa shape index (κ2) is 7.97. The zero-order valence-corrected chi connectivity index (χ0v) is 14.8. The van der Waals surface area contributed by atoms with E-state index in [1.54, 1.807) is 25.3 Å². The van der Waals surface area contributed by atoms with Gasteiger partial charge in [0.05, 0.1) is 17.8 Å². The second-order valence-corrected chi connectivity index (χ2v) is 5.97. The van der Waals surface area contributed by atoms with Gasteiger partial charge in [-0.05, 0) is 48.0 Å². The molecule has 0 fully saturated rings. The highest BCUT2D eigenvalue weighted by Crippen LogP contribution is 2.28. The van der Waals surface area contributed by atoms with Gasteiger partial charge in [-0.25, -0.2) is 4.39 Å². The van der Waals surface area contributed by atoms with E-state index in [4.69, 9.17) is 16.3 Å². The van der Waals surface area contributed by atoms with Gasteiger partial charge in [-0.3, -0.25) is 9.78 Å². The third kappa shape index (κ3) is 4.00. The molecule has 0 radical (unpaired) electrons. The number of methoxy groups -OCH3 is 1. The predicted octanol–water partition coefficient (Wildman–Crippen LogP) is 4.48. The maximum absolute atomic E-state index is 14.4. The summed E-state index contributed by atoms with van der Waals surface area (Å²) in [6.45, 7) is 0.311. The molecule has 26 heavy (non-hydrogen) atoms. The Balaban J connectivity index is 1.74. The molecular weight excluding hydrogens is 355 g/mol. The van der Waals surface area contributed by atoms with Crippen molar-refractivity contribution in [2.75, 3.05) is 7.11 Å². The van der Waals surface area contributed by atoms with Gasteiger partial charge in [0.1, 0.15) is 11.6 Å². The van der Waals surface area contributed by atoms with Gasteiger partial charge >= 0.3 is 0 Å². The molecule has 0 saturated heterocycles. The van der Waals surface area contributed by atoms with E-state index in [2.05, 4.69) is 10.3 Å². The van der Waals surface area contributed by atoms with Crippen molar-refractivity contribution >= 4 is 17.5 Å². The highest BCUT2D eigenvalue weighted by Gasteiger charge is 2.13. The summed E-state index contributed by atoms with van der Waals surface area (Å²) in [6.07, 6.45) is 1.54. The summed E-state index contributed by atoms with van der Waals surface area (Å²) in [5, 5.41) is 3.11. The van der Waals surface area contributed by atoms with Gasteiger partial charge in [0.25, 0.3) is 5.91 Å². The van der Waals surface area contributed by atoms with Crippen LogP contribution in [-0.2, 0) is 6.54 Å². The summed E-state index contributed by atoms with van der Waals surface area (Å²) in [4.78, 5) is 16.4. The van der Waals surface area contributed by atoms with Crippen LogP contribution in [0.25, 0.3) is 11.3 Å². The Morgan fingerprint density at radius 1 is 1.19 bits per heavy atom. The summed E-state index contributed by atoms with van der Waals surface area (Å²) in [7, 11) is 1.58. The Labute approximate surface area is 155 Å². The molecule has 4 nitrogen and oxygen atoms in total. The summed E-state index contributed by atoms with van der Waals surface area (Å²) < 4.78 is 19.6. The Kier molecular flexibility index (Phi) is 5.49. The molecule has 0 saturated carbocycles. The minimum absolute atomic E-state index is 0.223. The Hall–Kier alpha value is -2.92. The standard InChI is InChI=1S/C20H16ClFN2O2/c1-26-15-5-2-4-13(10-15)12-24-20(25)14-7-8-16(18(22)11-14)19-17(21)6-3-9-23-19/h2-11H,12H2,1H3,(H,24,25). The predicted molar refractivity (Wildman–Crippen MR) is 98.8 cm³/mol. The van der Waals surface area contributed by atoms with Crippen LogP contribution in [0, 0.1) is 5.82 Å². The normalized spacial score (nSPS) is 10.4. The first-order valence-electron chi connectivity index (χ1n) is 7.90. The Bertz CT molecular complexity index is 947. The summed E-state index contributed by atoms with van der Waals surface area (Å²) in [5.41, 5.74) is 1.70. The van der Waals surface area contributed by atoms with Crippen molar-refractivity contribution in [2.45, 2.75) is 6.54 Å². The fourth-order valence-electron chi connectivity index (χ4n) is 2.50. The number of nitrogens with zero attached hydrogens (tertiary/aromatic N) is 1. The molecule has 1 amide bonds. The zero-order chi connectivity index (χ0) is 18.5. The van der Waals surface area contributed by atoms with E-state index < -0.39 is 5.82 Å². The number of benzene rings is 2. The number of hydrogen-bond donors (Lipinski definition) is 1. The van der Waals surface area contributed by atoms with E-state index in [0.29, 0.717) is 23.0 Å². The molecule has 132 valence electrons. The van der Waals surface area contributed by atoms with Crippen molar-refractivity contribution < 1.29 is 13.9 Å². The zero-order valence-electron chi connectivity index (χ0n) is 14.0. The fraction of sp³-hybridized carbons (Fsp3) is 0.100. The van der Waals surface area contributed by atoms with Crippen LogP contribution in [0.3, 0.4) is 0 Å². The average Bonchev–Trinajstić information content (AvgIpc) is 2.67. The lowest BCUT2D eigenvalue weighted by atomic mass is 10.1. The van der Waals surface area contributed by atoms with Gasteiger partial charge in [0, 0.05) is 23.9 Å². The number of halogens is 2. The number of rotatable bonds is 5. The second-order valence-electron chi connectivity index (χ2n) is 5.56. The first kappa shape index (κ1) is 17.9. The van der Waals surface area contributed by atoms with Gasteiger partial charge < -0.3 is 10.1 Å². The van der Waals surface area contributed by atoms with Gasteiger partial charge in [0.2, 0.25) is 0 Å². The van der Waals surface area contributed by atoms with Crippen molar-refractivity contribution in [3.8, 4) is 17.0 Å². The van der Waals surface area contributed by atoms with E-state index in [9.17, 15) is 9.18 Å². The number of aromatic nitrogens is 1. The molecule has 3 aromatic rings. The van der Waals surface area contributed by atoms with E-state index in [1.165, 1.54) is 18.3 Å². The third-order valence-corrected chi connectivity index (χ3v) is 4.14. The molecule has 1 heterocycles. The average molecular weight is 371 g/mol. The van der Waals surface area contributed by atoms with Gasteiger partial charge in [0.15, 0.2) is 0 Å². The van der Waals surface area contributed by atoms with Crippen LogP contribution >= 0.6 is 11.6 Å². The minimum atomic E-state index is -0.556. The highest BCUT2D eigenvalue weighted by atomic mass is 35.5. The van der Waals surface area contributed by atoms with Gasteiger partial charge in [-0.2, -0.15) is 0 Å². The van der Waals surface area contributed by atoms with Crippen molar-refractivity contribution in [3.63, 3.8) is 0 Å². The Morgan fingerprint density at radius 2 is 2.04 bits per heavy atom. The van der Waals surface area contributed by atoms with Gasteiger partial charge in [-0.1, -0.05) is 23.7 Å². The van der Waals surface area contributed by atoms with Crippen molar-refractivity contribution in [1.82, 2.24) is 10.3 Å². The summed E-state index contributed by atoms with van der Waals surface area (Å²) in [5.74, 6) is -0.218. The molecule has 1 aromatic heterocycles. The molecule has 0 bridgehead atoms. The topological polar surface area (TPSA) is 51.2 Å². The molecule has 3 rings (SSSR count). The number of nitrogens with one attached hydrogen (secondary N) is 1. The number of hydrogen-bond acceptors (Lipinski definition) is 3. The van der Waals surface area contributed by atoms with Crippen LogP contribution in [0.5, 0.6) is 5.75 Å². The molecule has 0 aliphatic carbocycles. The first-order valence-corrected chi connectivity index (χ1v) is 8.28. The van der Waals surface area contributed by atoms with Crippen LogP contribution in [0.1, 0.15) is 15.9 Å². The van der Waals surface area contributed by atoms with Crippen LogP contribution in [0.15, 0.2) is 60.8 Å². The third-order valence-electron chi connectivity index (χ3n) is 3.83. The Morgan fingerprint density at radius 3 is 2.77 bits per heavy atom. The van der Waals surface area contributed by atoms with E-state index in [0.717, 1.165) is 5.56 Å². The number of pyridine rings is 1.